The van der Waals surface area contributed by atoms with Crippen LogP contribution in [-0.2, 0) is 6.54 Å². The van der Waals surface area contributed by atoms with E-state index in [0.29, 0.717) is 12.0 Å². The average molecular weight is 327 g/mol. The summed E-state index contributed by atoms with van der Waals surface area (Å²) in [7, 11) is 2.14. The highest BCUT2D eigenvalue weighted by Crippen LogP contribution is 2.30. The minimum absolute atomic E-state index is 0.307. The largest absolute Gasteiger partial charge is 0.295 e. The first-order valence-corrected chi connectivity index (χ1v) is 9.08. The van der Waals surface area contributed by atoms with E-state index < -0.39 is 0 Å². The molecular weight excluding hydrogens is 298 g/mol. The zero-order chi connectivity index (χ0) is 17.1. The summed E-state index contributed by atoms with van der Waals surface area (Å²) in [5.74, 6) is 1.61. The first-order valence-electron chi connectivity index (χ1n) is 9.08. The second kappa shape index (κ2) is 7.43. The molecule has 1 fully saturated rings. The van der Waals surface area contributed by atoms with Gasteiger partial charge in [0.15, 0.2) is 0 Å². The molecule has 1 aliphatic rings. The highest BCUT2D eigenvalue weighted by Gasteiger charge is 2.20. The first kappa shape index (κ1) is 17.1. The van der Waals surface area contributed by atoms with E-state index >= 15 is 0 Å². The van der Waals surface area contributed by atoms with Crippen molar-refractivity contribution in [3.63, 3.8) is 0 Å². The van der Waals surface area contributed by atoms with Crippen molar-refractivity contribution in [1.29, 1.82) is 0 Å². The molecule has 2 heterocycles. The fourth-order valence-corrected chi connectivity index (χ4v) is 3.84. The Kier molecular flexibility index (Phi) is 5.29. The molecule has 5 nitrogen and oxygen atoms in total. The number of aromatic amines is 1. The van der Waals surface area contributed by atoms with E-state index in [1.807, 2.05) is 12.4 Å². The Labute approximate surface area is 144 Å². The van der Waals surface area contributed by atoms with E-state index in [2.05, 4.69) is 52.9 Å². The molecule has 5 heteroatoms. The lowest BCUT2D eigenvalue weighted by atomic mass is 9.89. The Morgan fingerprint density at radius 3 is 2.42 bits per heavy atom. The van der Waals surface area contributed by atoms with Crippen LogP contribution in [0.1, 0.15) is 79.3 Å². The molecule has 0 aromatic carbocycles. The van der Waals surface area contributed by atoms with Gasteiger partial charge in [-0.2, -0.15) is 5.10 Å². The molecule has 24 heavy (non-hydrogen) atoms. The number of nitrogens with one attached hydrogen (secondary N) is 1. The van der Waals surface area contributed by atoms with Crippen LogP contribution in [0, 0.1) is 13.8 Å². The zero-order valence-corrected chi connectivity index (χ0v) is 15.3. The Morgan fingerprint density at radius 2 is 1.83 bits per heavy atom. The van der Waals surface area contributed by atoms with Gasteiger partial charge in [0.25, 0.3) is 0 Å². The van der Waals surface area contributed by atoms with Crippen LogP contribution in [0.3, 0.4) is 0 Å². The monoisotopic (exact) mass is 327 g/mol. The number of H-pyrrole nitrogens is 1. The van der Waals surface area contributed by atoms with E-state index in [1.54, 1.807) is 0 Å². The highest BCUT2D eigenvalue weighted by atomic mass is 15.2. The topological polar surface area (TPSA) is 57.7 Å². The van der Waals surface area contributed by atoms with E-state index in [9.17, 15) is 0 Å². The number of aromatic nitrogens is 4. The van der Waals surface area contributed by atoms with Gasteiger partial charge in [-0.15, -0.1) is 0 Å². The molecule has 2 aromatic heterocycles. The SMILES string of the molecule is Cc1n[nH]c(C)c1C(C)N(C)Cc1cnc(C2CCCCC2)nc1. The van der Waals surface area contributed by atoms with Crippen LogP contribution >= 0.6 is 0 Å². The van der Waals surface area contributed by atoms with E-state index in [0.717, 1.165) is 23.8 Å². The highest BCUT2D eigenvalue weighted by molar-refractivity contribution is 5.26. The third-order valence-corrected chi connectivity index (χ3v) is 5.39. The maximum atomic E-state index is 4.66. The van der Waals surface area contributed by atoms with Crippen LogP contribution in [0.5, 0.6) is 0 Å². The van der Waals surface area contributed by atoms with Gasteiger partial charge in [0.2, 0.25) is 0 Å². The van der Waals surface area contributed by atoms with Crippen LogP contribution in [0.15, 0.2) is 12.4 Å². The summed E-state index contributed by atoms with van der Waals surface area (Å²) in [6.45, 7) is 7.21. The van der Waals surface area contributed by atoms with Gasteiger partial charge in [-0.3, -0.25) is 10.00 Å². The van der Waals surface area contributed by atoms with E-state index in [1.165, 1.54) is 43.2 Å². The van der Waals surface area contributed by atoms with Crippen molar-refractivity contribution in [3.05, 3.63) is 40.7 Å². The fraction of sp³-hybridized carbons (Fsp3) is 0.632. The molecule has 3 rings (SSSR count). The van der Waals surface area contributed by atoms with Crippen LogP contribution in [0.4, 0.5) is 0 Å². The molecule has 0 radical (unpaired) electrons. The maximum absolute atomic E-state index is 4.66. The number of hydrogen-bond donors (Lipinski definition) is 1. The van der Waals surface area contributed by atoms with Crippen molar-refractivity contribution in [3.8, 4) is 0 Å². The van der Waals surface area contributed by atoms with Crippen molar-refractivity contribution in [2.45, 2.75) is 71.4 Å². The van der Waals surface area contributed by atoms with Gasteiger partial charge in [0.05, 0.1) is 5.69 Å². The van der Waals surface area contributed by atoms with Crippen LogP contribution in [-0.4, -0.2) is 32.1 Å². The molecule has 0 saturated heterocycles. The minimum atomic E-state index is 0.307. The Hall–Kier alpha value is -1.75. The van der Waals surface area contributed by atoms with Gasteiger partial charge in [0, 0.05) is 47.7 Å². The normalized spacial score (nSPS) is 17.4. The molecule has 1 aliphatic carbocycles. The quantitative estimate of drug-likeness (QED) is 0.900. The Morgan fingerprint density at radius 1 is 1.17 bits per heavy atom. The van der Waals surface area contributed by atoms with Crippen molar-refractivity contribution in [2.24, 2.45) is 0 Å². The van der Waals surface area contributed by atoms with Gasteiger partial charge >= 0.3 is 0 Å². The standard InChI is InChI=1S/C19H29N5/c1-13-18(14(2)23-22-13)15(3)24(4)12-16-10-20-19(21-11-16)17-8-6-5-7-9-17/h10-11,15,17H,5-9,12H2,1-4H3,(H,22,23). The second-order valence-electron chi connectivity index (χ2n) is 7.22. The number of hydrogen-bond acceptors (Lipinski definition) is 4. The van der Waals surface area contributed by atoms with Gasteiger partial charge in [-0.1, -0.05) is 19.3 Å². The molecule has 1 atom stereocenters. The van der Waals surface area contributed by atoms with Crippen molar-refractivity contribution >= 4 is 0 Å². The van der Waals surface area contributed by atoms with Gasteiger partial charge in [-0.05, 0) is 40.7 Å². The van der Waals surface area contributed by atoms with E-state index in [4.69, 9.17) is 0 Å². The minimum Gasteiger partial charge on any atom is -0.295 e. The van der Waals surface area contributed by atoms with Crippen molar-refractivity contribution in [1.82, 2.24) is 25.1 Å². The first-order chi connectivity index (χ1) is 11.6. The molecule has 0 aliphatic heterocycles. The van der Waals surface area contributed by atoms with Crippen molar-refractivity contribution in [2.75, 3.05) is 7.05 Å². The molecule has 130 valence electrons. The number of rotatable bonds is 5. The summed E-state index contributed by atoms with van der Waals surface area (Å²) in [6.07, 6.45) is 10.5. The van der Waals surface area contributed by atoms with Gasteiger partial charge in [-0.25, -0.2) is 9.97 Å². The Balaban J connectivity index is 1.65. The predicted molar refractivity (Wildman–Crippen MR) is 95.8 cm³/mol. The molecular formula is C19H29N5. The summed E-state index contributed by atoms with van der Waals surface area (Å²) in [5.41, 5.74) is 4.69. The van der Waals surface area contributed by atoms with Gasteiger partial charge < -0.3 is 0 Å². The summed E-state index contributed by atoms with van der Waals surface area (Å²) >= 11 is 0. The maximum Gasteiger partial charge on any atom is 0.131 e. The third kappa shape index (κ3) is 3.66. The fourth-order valence-electron chi connectivity index (χ4n) is 3.84. The summed E-state index contributed by atoms with van der Waals surface area (Å²) in [5, 5.41) is 7.39. The van der Waals surface area contributed by atoms with Crippen LogP contribution in [0.25, 0.3) is 0 Å². The third-order valence-electron chi connectivity index (χ3n) is 5.39. The predicted octanol–water partition coefficient (Wildman–Crippen LogP) is 4.06. The lowest BCUT2D eigenvalue weighted by Crippen LogP contribution is -2.23. The molecule has 1 saturated carbocycles. The molecule has 0 bridgehead atoms. The summed E-state index contributed by atoms with van der Waals surface area (Å²) < 4.78 is 0. The number of aryl methyl sites for hydroxylation is 2. The zero-order valence-electron chi connectivity index (χ0n) is 15.3. The molecule has 1 N–H and O–H groups in total. The van der Waals surface area contributed by atoms with Crippen molar-refractivity contribution < 1.29 is 0 Å². The summed E-state index contributed by atoms with van der Waals surface area (Å²) in [4.78, 5) is 11.6. The molecule has 2 aromatic rings. The average Bonchev–Trinajstić information content (AvgIpc) is 2.94. The van der Waals surface area contributed by atoms with E-state index in [-0.39, 0.29) is 0 Å². The second-order valence-corrected chi connectivity index (χ2v) is 7.22. The summed E-state index contributed by atoms with van der Waals surface area (Å²) in [6, 6.07) is 0.307. The van der Waals surface area contributed by atoms with Crippen LogP contribution < -0.4 is 0 Å². The lowest BCUT2D eigenvalue weighted by molar-refractivity contribution is 0.251. The molecule has 0 amide bonds. The molecule has 1 unspecified atom stereocenters. The smallest absolute Gasteiger partial charge is 0.131 e. The molecule has 0 spiro atoms. The Bertz CT molecular complexity index is 635. The van der Waals surface area contributed by atoms with Gasteiger partial charge in [0.1, 0.15) is 5.82 Å². The lowest BCUT2D eigenvalue weighted by Gasteiger charge is -2.25. The van der Waals surface area contributed by atoms with Crippen LogP contribution in [0.2, 0.25) is 0 Å². The number of nitrogens with zero attached hydrogens (tertiary/aromatic N) is 4.